The molecular weight excluding hydrogens is 265 g/mol. The average Bonchev–Trinajstić information content (AvgIpc) is 2.65. The van der Waals surface area contributed by atoms with Crippen LogP contribution in [0.2, 0.25) is 0 Å². The minimum absolute atomic E-state index is 0.0365. The number of aliphatic hydroxyl groups is 1. The molecule has 108 valence electrons. The molecule has 1 saturated carbocycles. The van der Waals surface area contributed by atoms with E-state index in [9.17, 15) is 23.1 Å². The third-order valence-electron chi connectivity index (χ3n) is 3.78. The van der Waals surface area contributed by atoms with Gasteiger partial charge in [-0.25, -0.2) is 4.79 Å². The summed E-state index contributed by atoms with van der Waals surface area (Å²) in [7, 11) is 0.949. The summed E-state index contributed by atoms with van der Waals surface area (Å²) in [6.45, 7) is 1.74. The van der Waals surface area contributed by atoms with Crippen molar-refractivity contribution in [1.82, 2.24) is 5.01 Å². The van der Waals surface area contributed by atoms with Gasteiger partial charge in [-0.3, -0.25) is 0 Å². The fourth-order valence-corrected chi connectivity index (χ4v) is 2.77. The summed E-state index contributed by atoms with van der Waals surface area (Å²) in [6.07, 6.45) is -4.91. The summed E-state index contributed by atoms with van der Waals surface area (Å²) in [4.78, 5) is 11.5. The van der Waals surface area contributed by atoms with E-state index in [1.165, 1.54) is 0 Å². The molecule has 3 atom stereocenters. The highest BCUT2D eigenvalue weighted by Gasteiger charge is 2.69. The highest BCUT2D eigenvalue weighted by molar-refractivity contribution is 5.93. The Bertz CT molecular complexity index is 424. The van der Waals surface area contributed by atoms with Gasteiger partial charge in [-0.15, -0.1) is 0 Å². The van der Waals surface area contributed by atoms with Crippen molar-refractivity contribution < 1.29 is 27.8 Å². The van der Waals surface area contributed by atoms with Crippen molar-refractivity contribution in [2.75, 3.05) is 7.11 Å². The second kappa shape index (κ2) is 4.36. The molecule has 1 fully saturated rings. The molecule has 2 rings (SSSR count). The second-order valence-corrected chi connectivity index (χ2v) is 4.92. The molecule has 1 amide bonds. The standard InChI is InChI=1S/C11H15F3N2O3/c1-6-4-3-5-7-8(6)15-16(9(17)19-2)10(7,18)11(12,13)14/h6-7,18H,3-5H2,1-2H3/t6-,7+,10-/m1/s1. The number of carbonyl (C=O) groups excluding carboxylic acids is 1. The molecule has 0 spiro atoms. The first-order valence-corrected chi connectivity index (χ1v) is 5.99. The summed E-state index contributed by atoms with van der Waals surface area (Å²) in [5.41, 5.74) is -3.08. The molecule has 1 aliphatic carbocycles. The van der Waals surface area contributed by atoms with Crippen molar-refractivity contribution in [3.8, 4) is 0 Å². The number of halogens is 3. The van der Waals surface area contributed by atoms with Crippen LogP contribution in [0.5, 0.6) is 0 Å². The maximum Gasteiger partial charge on any atom is 0.439 e. The van der Waals surface area contributed by atoms with Crippen LogP contribution in [0.4, 0.5) is 18.0 Å². The second-order valence-electron chi connectivity index (χ2n) is 4.92. The Morgan fingerprint density at radius 1 is 1.53 bits per heavy atom. The van der Waals surface area contributed by atoms with Crippen molar-refractivity contribution in [1.29, 1.82) is 0 Å². The maximum atomic E-state index is 13.2. The minimum Gasteiger partial charge on any atom is -0.451 e. The zero-order chi connectivity index (χ0) is 14.4. The SMILES string of the molecule is COC(=O)N1N=C2[C@H](C)CCC[C@@H]2[C@@]1(O)C(F)(F)F. The van der Waals surface area contributed by atoms with Crippen LogP contribution in [-0.4, -0.2) is 40.9 Å². The van der Waals surface area contributed by atoms with Gasteiger partial charge in [0, 0.05) is 5.71 Å². The molecule has 8 heteroatoms. The van der Waals surface area contributed by atoms with E-state index in [-0.39, 0.29) is 23.1 Å². The largest absolute Gasteiger partial charge is 0.451 e. The van der Waals surface area contributed by atoms with E-state index in [1.807, 2.05) is 0 Å². The molecule has 19 heavy (non-hydrogen) atoms. The summed E-state index contributed by atoms with van der Waals surface area (Å²) >= 11 is 0. The van der Waals surface area contributed by atoms with E-state index in [0.29, 0.717) is 12.8 Å². The van der Waals surface area contributed by atoms with E-state index >= 15 is 0 Å². The summed E-state index contributed by atoms with van der Waals surface area (Å²) in [6, 6.07) is 0. The lowest BCUT2D eigenvalue weighted by Crippen LogP contribution is -2.61. The molecule has 1 N–H and O–H groups in total. The summed E-state index contributed by atoms with van der Waals surface area (Å²) in [5.74, 6) is -1.40. The van der Waals surface area contributed by atoms with Gasteiger partial charge in [-0.1, -0.05) is 13.3 Å². The lowest BCUT2D eigenvalue weighted by Gasteiger charge is -2.38. The summed E-state index contributed by atoms with van der Waals surface area (Å²) in [5, 5.41) is 13.8. The quantitative estimate of drug-likeness (QED) is 0.739. The fourth-order valence-electron chi connectivity index (χ4n) is 2.77. The van der Waals surface area contributed by atoms with Crippen molar-refractivity contribution in [3.63, 3.8) is 0 Å². The Kier molecular flexibility index (Phi) is 3.24. The highest BCUT2D eigenvalue weighted by Crippen LogP contribution is 2.49. The molecule has 0 bridgehead atoms. The first-order chi connectivity index (χ1) is 8.73. The van der Waals surface area contributed by atoms with Crippen molar-refractivity contribution in [2.24, 2.45) is 16.9 Å². The van der Waals surface area contributed by atoms with Gasteiger partial charge in [-0.2, -0.15) is 23.3 Å². The van der Waals surface area contributed by atoms with Gasteiger partial charge in [0.2, 0.25) is 0 Å². The number of ether oxygens (including phenoxy) is 1. The minimum atomic E-state index is -4.99. The molecule has 0 radical (unpaired) electrons. The van der Waals surface area contributed by atoms with Crippen molar-refractivity contribution in [3.05, 3.63) is 0 Å². The number of amides is 1. The van der Waals surface area contributed by atoms with Gasteiger partial charge < -0.3 is 9.84 Å². The number of carbonyl (C=O) groups is 1. The van der Waals surface area contributed by atoms with Crippen molar-refractivity contribution >= 4 is 11.8 Å². The molecule has 0 aromatic heterocycles. The van der Waals surface area contributed by atoms with Crippen LogP contribution in [0, 0.1) is 11.8 Å². The number of hydrazone groups is 1. The number of fused-ring (bicyclic) bond motifs is 1. The highest BCUT2D eigenvalue weighted by atomic mass is 19.4. The molecular formula is C11H15F3N2O3. The number of hydrogen-bond acceptors (Lipinski definition) is 4. The van der Waals surface area contributed by atoms with Crippen LogP contribution >= 0.6 is 0 Å². The smallest absolute Gasteiger partial charge is 0.439 e. The predicted octanol–water partition coefficient (Wildman–Crippen LogP) is 2.11. The van der Waals surface area contributed by atoms with Crippen LogP contribution in [0.3, 0.4) is 0 Å². The summed E-state index contributed by atoms with van der Waals surface area (Å²) < 4.78 is 43.9. The third kappa shape index (κ3) is 1.89. The van der Waals surface area contributed by atoms with Crippen LogP contribution in [0.1, 0.15) is 26.2 Å². The molecule has 1 heterocycles. The van der Waals surface area contributed by atoms with Crippen LogP contribution < -0.4 is 0 Å². The zero-order valence-corrected chi connectivity index (χ0v) is 10.6. The lowest BCUT2D eigenvalue weighted by molar-refractivity contribution is -0.315. The molecule has 0 aromatic carbocycles. The molecule has 5 nitrogen and oxygen atoms in total. The Morgan fingerprint density at radius 2 is 2.16 bits per heavy atom. The molecule has 1 aliphatic heterocycles. The molecule has 0 saturated heterocycles. The van der Waals surface area contributed by atoms with Crippen molar-refractivity contribution in [2.45, 2.75) is 38.1 Å². The van der Waals surface area contributed by atoms with Gasteiger partial charge in [0.25, 0.3) is 5.72 Å². The van der Waals surface area contributed by atoms with Gasteiger partial charge in [0.05, 0.1) is 13.0 Å². The lowest BCUT2D eigenvalue weighted by atomic mass is 9.75. The maximum absolute atomic E-state index is 13.2. The first kappa shape index (κ1) is 14.1. The van der Waals surface area contributed by atoms with Gasteiger partial charge >= 0.3 is 12.3 Å². The Labute approximate surface area is 108 Å². The number of rotatable bonds is 0. The topological polar surface area (TPSA) is 62.1 Å². The number of nitrogens with zero attached hydrogens (tertiary/aromatic N) is 2. The average molecular weight is 280 g/mol. The monoisotopic (exact) mass is 280 g/mol. The van der Waals surface area contributed by atoms with E-state index in [2.05, 4.69) is 9.84 Å². The van der Waals surface area contributed by atoms with Crippen LogP contribution in [0.15, 0.2) is 5.10 Å². The number of methoxy groups -OCH3 is 1. The van der Waals surface area contributed by atoms with Gasteiger partial charge in [-0.05, 0) is 18.8 Å². The Balaban J connectivity index is 2.48. The molecule has 0 aromatic rings. The predicted molar refractivity (Wildman–Crippen MR) is 59.2 cm³/mol. The van der Waals surface area contributed by atoms with E-state index in [0.717, 1.165) is 7.11 Å². The van der Waals surface area contributed by atoms with Gasteiger partial charge in [0.1, 0.15) is 0 Å². The number of alkyl halides is 3. The zero-order valence-electron chi connectivity index (χ0n) is 10.6. The molecule has 0 unspecified atom stereocenters. The fraction of sp³-hybridized carbons (Fsp3) is 0.818. The van der Waals surface area contributed by atoms with Crippen LogP contribution in [-0.2, 0) is 4.74 Å². The van der Waals surface area contributed by atoms with Gasteiger partial charge in [0.15, 0.2) is 0 Å². The Morgan fingerprint density at radius 3 is 2.68 bits per heavy atom. The first-order valence-electron chi connectivity index (χ1n) is 5.99. The third-order valence-corrected chi connectivity index (χ3v) is 3.78. The normalized spacial score (nSPS) is 34.8. The van der Waals surface area contributed by atoms with Crippen LogP contribution in [0.25, 0.3) is 0 Å². The Hall–Kier alpha value is -1.31. The van der Waals surface area contributed by atoms with E-state index in [1.54, 1.807) is 6.92 Å². The van der Waals surface area contributed by atoms with E-state index in [4.69, 9.17) is 0 Å². The van der Waals surface area contributed by atoms with E-state index < -0.39 is 23.9 Å². The number of hydrogen-bond donors (Lipinski definition) is 1. The molecule has 2 aliphatic rings.